The molecule has 24 heavy (non-hydrogen) atoms. The van der Waals surface area contributed by atoms with Gasteiger partial charge in [0.25, 0.3) is 0 Å². The highest BCUT2D eigenvalue weighted by atomic mass is 35.5. The van der Waals surface area contributed by atoms with Gasteiger partial charge < -0.3 is 10.1 Å². The number of hydrogen-bond donors (Lipinski definition) is 1. The summed E-state index contributed by atoms with van der Waals surface area (Å²) in [5, 5.41) is 3.63. The molecule has 1 aromatic heterocycles. The van der Waals surface area contributed by atoms with E-state index >= 15 is 0 Å². The van der Waals surface area contributed by atoms with Gasteiger partial charge in [0.2, 0.25) is 5.91 Å². The van der Waals surface area contributed by atoms with E-state index in [1.54, 1.807) is 19.4 Å². The fourth-order valence-electron chi connectivity index (χ4n) is 3.54. The quantitative estimate of drug-likeness (QED) is 0.895. The molecule has 0 spiro atoms. The molecule has 0 unspecified atom stereocenters. The number of pyridine rings is 1. The van der Waals surface area contributed by atoms with Gasteiger partial charge in [0.05, 0.1) is 17.5 Å². The highest BCUT2D eigenvalue weighted by molar-refractivity contribution is 6.32. The van der Waals surface area contributed by atoms with Crippen LogP contribution in [0.2, 0.25) is 5.02 Å². The van der Waals surface area contributed by atoms with Crippen LogP contribution in [-0.4, -0.2) is 18.0 Å². The Bertz CT molecular complexity index is 713. The Hall–Kier alpha value is -2.07. The Kier molecular flexibility index (Phi) is 5.05. The number of carbonyl (C=O) groups excluding carboxylic acids is 1. The molecule has 4 nitrogen and oxygen atoms in total. The minimum atomic E-state index is -0.472. The van der Waals surface area contributed by atoms with E-state index in [0.717, 1.165) is 36.8 Å². The molecule has 1 saturated carbocycles. The van der Waals surface area contributed by atoms with Crippen molar-refractivity contribution < 1.29 is 9.53 Å². The highest BCUT2D eigenvalue weighted by Gasteiger charge is 2.42. The third-order valence-corrected chi connectivity index (χ3v) is 5.10. The Morgan fingerprint density at radius 2 is 2.08 bits per heavy atom. The molecule has 1 aliphatic carbocycles. The van der Waals surface area contributed by atoms with Crippen LogP contribution in [0.15, 0.2) is 42.7 Å². The number of amides is 1. The number of hydrogen-bond acceptors (Lipinski definition) is 3. The molecular formula is C19H21ClN2O2. The molecule has 1 amide bonds. The fraction of sp³-hybridized carbons (Fsp3) is 0.368. The van der Waals surface area contributed by atoms with E-state index in [2.05, 4.69) is 10.3 Å². The van der Waals surface area contributed by atoms with Gasteiger partial charge in [-0.15, -0.1) is 0 Å². The van der Waals surface area contributed by atoms with Gasteiger partial charge in [0, 0.05) is 24.5 Å². The predicted molar refractivity (Wildman–Crippen MR) is 94.2 cm³/mol. The molecule has 0 aliphatic heterocycles. The minimum absolute atomic E-state index is 0.0510. The largest absolute Gasteiger partial charge is 0.495 e. The maximum atomic E-state index is 13.0. The molecule has 3 rings (SSSR count). The van der Waals surface area contributed by atoms with Gasteiger partial charge in [-0.2, -0.15) is 0 Å². The monoisotopic (exact) mass is 344 g/mol. The second kappa shape index (κ2) is 7.22. The van der Waals surface area contributed by atoms with Crippen LogP contribution in [-0.2, 0) is 16.8 Å². The molecule has 0 bridgehead atoms. The van der Waals surface area contributed by atoms with E-state index in [1.165, 1.54) is 0 Å². The van der Waals surface area contributed by atoms with E-state index in [1.807, 2.05) is 30.5 Å². The van der Waals surface area contributed by atoms with Gasteiger partial charge >= 0.3 is 0 Å². The number of halogens is 1. The van der Waals surface area contributed by atoms with Gasteiger partial charge in [-0.25, -0.2) is 0 Å². The average molecular weight is 345 g/mol. The summed E-state index contributed by atoms with van der Waals surface area (Å²) >= 11 is 6.15. The van der Waals surface area contributed by atoms with Crippen molar-refractivity contribution in [2.45, 2.75) is 37.6 Å². The van der Waals surface area contributed by atoms with Crippen LogP contribution in [0, 0.1) is 0 Å². The first-order chi connectivity index (χ1) is 11.7. The summed E-state index contributed by atoms with van der Waals surface area (Å²) < 4.78 is 5.35. The number of para-hydroxylation sites is 1. The molecule has 5 heteroatoms. The third-order valence-electron chi connectivity index (χ3n) is 4.80. The standard InChI is InChI=1S/C19H21ClN2O2/c1-24-17-14(6-4-8-16(17)20)12-22-18(23)19(9-2-3-10-19)15-7-5-11-21-13-15/h4-8,11,13H,2-3,9-10,12H2,1H3,(H,22,23). The van der Waals surface area contributed by atoms with Crippen molar-refractivity contribution in [1.29, 1.82) is 0 Å². The van der Waals surface area contributed by atoms with Crippen molar-refractivity contribution in [3.8, 4) is 5.75 Å². The van der Waals surface area contributed by atoms with Crippen LogP contribution in [0.5, 0.6) is 5.75 Å². The van der Waals surface area contributed by atoms with Crippen molar-refractivity contribution in [1.82, 2.24) is 10.3 Å². The lowest BCUT2D eigenvalue weighted by molar-refractivity contribution is -0.126. The Balaban J connectivity index is 1.80. The molecule has 1 fully saturated rings. The van der Waals surface area contributed by atoms with Gasteiger partial charge in [0.15, 0.2) is 0 Å². The maximum absolute atomic E-state index is 13.0. The zero-order valence-corrected chi connectivity index (χ0v) is 14.5. The number of rotatable bonds is 5. The van der Waals surface area contributed by atoms with Crippen LogP contribution in [0.3, 0.4) is 0 Å². The van der Waals surface area contributed by atoms with Crippen LogP contribution in [0.25, 0.3) is 0 Å². The van der Waals surface area contributed by atoms with Crippen molar-refractivity contribution in [2.24, 2.45) is 0 Å². The number of carbonyl (C=O) groups is 1. The summed E-state index contributed by atoms with van der Waals surface area (Å²) in [6.07, 6.45) is 7.38. The normalized spacial score (nSPS) is 15.9. The molecule has 0 saturated heterocycles. The zero-order valence-electron chi connectivity index (χ0n) is 13.7. The molecule has 0 radical (unpaired) electrons. The first-order valence-electron chi connectivity index (χ1n) is 8.17. The van der Waals surface area contributed by atoms with Gasteiger partial charge in [-0.1, -0.05) is 42.6 Å². The highest BCUT2D eigenvalue weighted by Crippen LogP contribution is 2.41. The number of nitrogens with one attached hydrogen (secondary N) is 1. The topological polar surface area (TPSA) is 51.2 Å². The predicted octanol–water partition coefficient (Wildman–Crippen LogP) is 3.87. The summed E-state index contributed by atoms with van der Waals surface area (Å²) in [5.74, 6) is 0.663. The smallest absolute Gasteiger partial charge is 0.230 e. The second-order valence-corrected chi connectivity index (χ2v) is 6.55. The van der Waals surface area contributed by atoms with Crippen molar-refractivity contribution >= 4 is 17.5 Å². The maximum Gasteiger partial charge on any atom is 0.230 e. The fourth-order valence-corrected chi connectivity index (χ4v) is 3.81. The minimum Gasteiger partial charge on any atom is -0.495 e. The Morgan fingerprint density at radius 1 is 1.29 bits per heavy atom. The SMILES string of the molecule is COc1c(Cl)cccc1CNC(=O)C1(c2cccnc2)CCCC1. The van der Waals surface area contributed by atoms with E-state index in [-0.39, 0.29) is 5.91 Å². The lowest BCUT2D eigenvalue weighted by atomic mass is 9.78. The number of aromatic nitrogens is 1. The number of benzene rings is 1. The van der Waals surface area contributed by atoms with Crippen molar-refractivity contribution in [3.05, 3.63) is 58.9 Å². The van der Waals surface area contributed by atoms with E-state index in [4.69, 9.17) is 16.3 Å². The van der Waals surface area contributed by atoms with Crippen LogP contribution in [0.4, 0.5) is 0 Å². The lowest BCUT2D eigenvalue weighted by Gasteiger charge is -2.28. The van der Waals surface area contributed by atoms with E-state index in [0.29, 0.717) is 17.3 Å². The van der Waals surface area contributed by atoms with Gasteiger partial charge in [0.1, 0.15) is 5.75 Å². The Morgan fingerprint density at radius 3 is 2.75 bits per heavy atom. The van der Waals surface area contributed by atoms with Crippen LogP contribution >= 0.6 is 11.6 Å². The average Bonchev–Trinajstić information content (AvgIpc) is 3.11. The van der Waals surface area contributed by atoms with E-state index < -0.39 is 5.41 Å². The lowest BCUT2D eigenvalue weighted by Crippen LogP contribution is -2.42. The van der Waals surface area contributed by atoms with Gasteiger partial charge in [-0.05, 0) is 30.5 Å². The van der Waals surface area contributed by atoms with E-state index in [9.17, 15) is 4.79 Å². The molecular weight excluding hydrogens is 324 g/mol. The molecule has 1 aliphatic rings. The van der Waals surface area contributed by atoms with Crippen LogP contribution < -0.4 is 10.1 Å². The first-order valence-corrected chi connectivity index (χ1v) is 8.55. The van der Waals surface area contributed by atoms with Crippen LogP contribution in [0.1, 0.15) is 36.8 Å². The summed E-state index contributed by atoms with van der Waals surface area (Å²) in [6, 6.07) is 9.44. The third kappa shape index (κ3) is 3.11. The number of nitrogens with zero attached hydrogens (tertiary/aromatic N) is 1. The molecule has 2 aromatic rings. The molecule has 1 N–H and O–H groups in total. The summed E-state index contributed by atoms with van der Waals surface area (Å²) in [4.78, 5) is 17.2. The second-order valence-electron chi connectivity index (χ2n) is 6.15. The molecule has 126 valence electrons. The van der Waals surface area contributed by atoms with Gasteiger partial charge in [-0.3, -0.25) is 9.78 Å². The zero-order chi connectivity index (χ0) is 17.0. The molecule has 1 heterocycles. The van der Waals surface area contributed by atoms with Crippen molar-refractivity contribution in [2.75, 3.05) is 7.11 Å². The molecule has 0 atom stereocenters. The Labute approximate surface area is 147 Å². The number of methoxy groups -OCH3 is 1. The first kappa shape index (κ1) is 16.8. The van der Waals surface area contributed by atoms with Crippen molar-refractivity contribution in [3.63, 3.8) is 0 Å². The number of ether oxygens (including phenoxy) is 1. The molecule has 1 aromatic carbocycles. The summed E-state index contributed by atoms with van der Waals surface area (Å²) in [5.41, 5.74) is 1.40. The summed E-state index contributed by atoms with van der Waals surface area (Å²) in [7, 11) is 1.58. The summed E-state index contributed by atoms with van der Waals surface area (Å²) in [6.45, 7) is 0.393.